The summed E-state index contributed by atoms with van der Waals surface area (Å²) in [7, 11) is 0. The number of benzene rings is 1. The van der Waals surface area contributed by atoms with Crippen LogP contribution in [0.5, 0.6) is 0 Å². The summed E-state index contributed by atoms with van der Waals surface area (Å²) in [6.45, 7) is 4.23. The third-order valence-corrected chi connectivity index (χ3v) is 4.29. The Hall–Kier alpha value is -0.410. The highest BCUT2D eigenvalue weighted by Gasteiger charge is 2.25. The first-order valence-electron chi connectivity index (χ1n) is 6.29. The van der Waals surface area contributed by atoms with E-state index in [0.29, 0.717) is 6.04 Å². The van der Waals surface area contributed by atoms with E-state index in [9.17, 15) is 4.39 Å². The molecule has 1 aliphatic rings. The Morgan fingerprint density at radius 3 is 2.65 bits per heavy atom. The fourth-order valence-electron chi connectivity index (χ4n) is 2.41. The van der Waals surface area contributed by atoms with E-state index in [1.807, 2.05) is 13.0 Å². The molecule has 2 unspecified atom stereocenters. The number of hydrogen-bond donors (Lipinski definition) is 1. The molecule has 1 fully saturated rings. The first kappa shape index (κ1) is 13.0. The average Bonchev–Trinajstić information content (AvgIpc) is 2.18. The second kappa shape index (κ2) is 5.49. The number of halogens is 2. The Morgan fingerprint density at radius 2 is 2.06 bits per heavy atom. The van der Waals surface area contributed by atoms with Crippen molar-refractivity contribution >= 4 is 15.9 Å². The van der Waals surface area contributed by atoms with E-state index in [4.69, 9.17) is 0 Å². The normalized spacial score (nSPS) is 19.8. The molecule has 0 radical (unpaired) electrons. The highest BCUT2D eigenvalue weighted by molar-refractivity contribution is 9.10. The minimum absolute atomic E-state index is 0.0584. The topological polar surface area (TPSA) is 12.0 Å². The summed E-state index contributed by atoms with van der Waals surface area (Å²) in [6.07, 6.45) is 3.96. The van der Waals surface area contributed by atoms with Gasteiger partial charge in [0.05, 0.1) is 0 Å². The molecular formula is C14H19BrFN. The van der Waals surface area contributed by atoms with Gasteiger partial charge in [0.15, 0.2) is 0 Å². The lowest BCUT2D eigenvalue weighted by Gasteiger charge is -2.34. The fourth-order valence-corrected chi connectivity index (χ4v) is 2.79. The quantitative estimate of drug-likeness (QED) is 0.867. The van der Waals surface area contributed by atoms with E-state index in [0.717, 1.165) is 16.0 Å². The second-order valence-corrected chi connectivity index (χ2v) is 5.95. The van der Waals surface area contributed by atoms with E-state index >= 15 is 0 Å². The maximum atomic E-state index is 13.7. The fraction of sp³-hybridized carbons (Fsp3) is 0.571. The zero-order valence-electron chi connectivity index (χ0n) is 10.3. The number of hydrogen-bond acceptors (Lipinski definition) is 1. The van der Waals surface area contributed by atoms with Crippen LogP contribution in [0, 0.1) is 11.7 Å². The highest BCUT2D eigenvalue weighted by Crippen LogP contribution is 2.31. The molecule has 1 nitrogen and oxygen atoms in total. The van der Waals surface area contributed by atoms with Gasteiger partial charge >= 0.3 is 0 Å². The van der Waals surface area contributed by atoms with Gasteiger partial charge in [-0.05, 0) is 50.8 Å². The Labute approximate surface area is 111 Å². The van der Waals surface area contributed by atoms with Crippen molar-refractivity contribution in [1.82, 2.24) is 5.32 Å². The Bertz CT molecular complexity index is 390. The lowest BCUT2D eigenvalue weighted by atomic mass is 9.80. The van der Waals surface area contributed by atoms with E-state index in [1.54, 1.807) is 6.07 Å². The largest absolute Gasteiger partial charge is 0.307 e. The molecule has 0 spiro atoms. The summed E-state index contributed by atoms with van der Waals surface area (Å²) in [4.78, 5) is 0. The van der Waals surface area contributed by atoms with Crippen molar-refractivity contribution in [1.29, 1.82) is 0 Å². The number of rotatable bonds is 4. The molecule has 0 aliphatic heterocycles. The maximum absolute atomic E-state index is 13.7. The minimum Gasteiger partial charge on any atom is -0.307 e. The van der Waals surface area contributed by atoms with Crippen molar-refractivity contribution in [2.24, 2.45) is 5.92 Å². The predicted octanol–water partition coefficient (Wildman–Crippen LogP) is 4.43. The molecule has 1 saturated carbocycles. The smallest absolute Gasteiger partial charge is 0.128 e. The van der Waals surface area contributed by atoms with Crippen LogP contribution in [0.1, 0.15) is 44.7 Å². The molecule has 0 saturated heterocycles. The van der Waals surface area contributed by atoms with Crippen LogP contribution in [-0.2, 0) is 0 Å². The van der Waals surface area contributed by atoms with Crippen LogP contribution in [0.3, 0.4) is 0 Å². The van der Waals surface area contributed by atoms with Crippen LogP contribution in [-0.4, -0.2) is 6.04 Å². The van der Waals surface area contributed by atoms with Gasteiger partial charge in [0.1, 0.15) is 5.82 Å². The molecule has 0 bridgehead atoms. The van der Waals surface area contributed by atoms with Crippen LogP contribution in [0.4, 0.5) is 4.39 Å². The Morgan fingerprint density at radius 1 is 1.35 bits per heavy atom. The molecule has 0 heterocycles. The zero-order valence-corrected chi connectivity index (χ0v) is 11.9. The van der Waals surface area contributed by atoms with E-state index < -0.39 is 0 Å². The van der Waals surface area contributed by atoms with Gasteiger partial charge in [-0.3, -0.25) is 0 Å². The number of nitrogens with one attached hydrogen (secondary N) is 1. The van der Waals surface area contributed by atoms with Gasteiger partial charge in [0, 0.05) is 22.1 Å². The summed E-state index contributed by atoms with van der Waals surface area (Å²) in [5.41, 5.74) is 0.741. The molecular weight excluding hydrogens is 281 g/mol. The van der Waals surface area contributed by atoms with Crippen LogP contribution in [0.25, 0.3) is 0 Å². The predicted molar refractivity (Wildman–Crippen MR) is 72.5 cm³/mol. The van der Waals surface area contributed by atoms with Gasteiger partial charge in [0.25, 0.3) is 0 Å². The standard InChI is InChI=1S/C14H19BrFN/c1-9(11-4-3-5-11)17-10(2)13-8-12(15)6-7-14(13)16/h6-11,17H,3-5H2,1-2H3. The van der Waals surface area contributed by atoms with Gasteiger partial charge in [-0.15, -0.1) is 0 Å². The van der Waals surface area contributed by atoms with Crippen molar-refractivity contribution in [2.75, 3.05) is 0 Å². The molecule has 1 aromatic rings. The summed E-state index contributed by atoms with van der Waals surface area (Å²) in [5, 5.41) is 3.51. The van der Waals surface area contributed by atoms with Crippen molar-refractivity contribution in [3.8, 4) is 0 Å². The first-order chi connectivity index (χ1) is 8.08. The third-order valence-electron chi connectivity index (χ3n) is 3.79. The molecule has 17 heavy (non-hydrogen) atoms. The van der Waals surface area contributed by atoms with Gasteiger partial charge in [-0.2, -0.15) is 0 Å². The van der Waals surface area contributed by atoms with Crippen molar-refractivity contribution in [2.45, 2.75) is 45.2 Å². The summed E-state index contributed by atoms with van der Waals surface area (Å²) in [5.74, 6) is 0.640. The van der Waals surface area contributed by atoms with E-state index in [-0.39, 0.29) is 11.9 Å². The summed E-state index contributed by atoms with van der Waals surface area (Å²) >= 11 is 3.39. The maximum Gasteiger partial charge on any atom is 0.128 e. The van der Waals surface area contributed by atoms with Crippen LogP contribution in [0.2, 0.25) is 0 Å². The molecule has 1 aromatic carbocycles. The van der Waals surface area contributed by atoms with Crippen LogP contribution >= 0.6 is 15.9 Å². The van der Waals surface area contributed by atoms with Gasteiger partial charge in [0.2, 0.25) is 0 Å². The molecule has 2 atom stereocenters. The van der Waals surface area contributed by atoms with Gasteiger partial charge < -0.3 is 5.32 Å². The minimum atomic E-state index is -0.131. The lowest BCUT2D eigenvalue weighted by molar-refractivity contribution is 0.229. The summed E-state index contributed by atoms with van der Waals surface area (Å²) < 4.78 is 14.6. The van der Waals surface area contributed by atoms with Crippen LogP contribution in [0.15, 0.2) is 22.7 Å². The average molecular weight is 300 g/mol. The monoisotopic (exact) mass is 299 g/mol. The van der Waals surface area contributed by atoms with Crippen molar-refractivity contribution in [3.63, 3.8) is 0 Å². The lowest BCUT2D eigenvalue weighted by Crippen LogP contribution is -2.38. The van der Waals surface area contributed by atoms with Gasteiger partial charge in [-0.25, -0.2) is 4.39 Å². The molecule has 94 valence electrons. The first-order valence-corrected chi connectivity index (χ1v) is 7.08. The molecule has 0 aromatic heterocycles. The SMILES string of the molecule is CC(NC(C)C1CCC1)c1cc(Br)ccc1F. The van der Waals surface area contributed by atoms with Crippen molar-refractivity contribution < 1.29 is 4.39 Å². The molecule has 1 N–H and O–H groups in total. The Kier molecular flexibility index (Phi) is 4.21. The highest BCUT2D eigenvalue weighted by atomic mass is 79.9. The Balaban J connectivity index is 2.02. The molecule has 0 amide bonds. The zero-order chi connectivity index (χ0) is 12.4. The van der Waals surface area contributed by atoms with E-state index in [1.165, 1.54) is 25.3 Å². The van der Waals surface area contributed by atoms with Gasteiger partial charge in [-0.1, -0.05) is 22.4 Å². The van der Waals surface area contributed by atoms with E-state index in [2.05, 4.69) is 28.2 Å². The third kappa shape index (κ3) is 3.08. The second-order valence-electron chi connectivity index (χ2n) is 5.03. The summed E-state index contributed by atoms with van der Waals surface area (Å²) in [6, 6.07) is 5.65. The van der Waals surface area contributed by atoms with Crippen LogP contribution < -0.4 is 5.32 Å². The molecule has 2 rings (SSSR count). The molecule has 3 heteroatoms. The molecule has 1 aliphatic carbocycles. The van der Waals surface area contributed by atoms with Crippen molar-refractivity contribution in [3.05, 3.63) is 34.1 Å².